The Morgan fingerprint density at radius 3 is 1.84 bits per heavy atom. The number of benzene rings is 1. The van der Waals surface area contributed by atoms with Crippen LogP contribution in [0.2, 0.25) is 0 Å². The second-order valence-corrected chi connectivity index (χ2v) is 6.57. The Morgan fingerprint density at radius 2 is 1.44 bits per heavy atom. The average molecular weight is 484 g/mol. The Kier molecular flexibility index (Phi) is 34.6. The van der Waals surface area contributed by atoms with E-state index >= 15 is 0 Å². The van der Waals surface area contributed by atoms with Crippen LogP contribution in [0, 0.1) is 39.2 Å². The van der Waals surface area contributed by atoms with Crippen LogP contribution < -0.4 is 0 Å². The molecule has 1 N–H and O–H groups in total. The van der Waals surface area contributed by atoms with Crippen molar-refractivity contribution in [1.29, 1.82) is 0 Å². The molecule has 1 rings (SSSR count). The predicted octanol–water partition coefficient (Wildman–Crippen LogP) is 5.20. The molecule has 6 nitrogen and oxygen atoms in total. The number of aliphatic hydroxyl groups is 1. The van der Waals surface area contributed by atoms with Crippen LogP contribution in [0.5, 0.6) is 0 Å². The topological polar surface area (TPSA) is 106 Å². The Balaban J connectivity index is -0.000000514. The van der Waals surface area contributed by atoms with E-state index in [2.05, 4.69) is 33.8 Å². The summed E-state index contributed by atoms with van der Waals surface area (Å²) < 4.78 is 27.9. The Bertz CT molecular complexity index is 547. The molecule has 0 fully saturated rings. The summed E-state index contributed by atoms with van der Waals surface area (Å²) in [7, 11) is 0. The van der Waals surface area contributed by atoms with Gasteiger partial charge in [0.15, 0.2) is 0 Å². The molecule has 0 saturated heterocycles. The van der Waals surface area contributed by atoms with E-state index in [0.29, 0.717) is 0 Å². The van der Waals surface area contributed by atoms with Crippen molar-refractivity contribution in [2.24, 2.45) is 0 Å². The molecule has 0 aliphatic carbocycles. The third-order valence-corrected chi connectivity index (χ3v) is 4.49. The van der Waals surface area contributed by atoms with Crippen molar-refractivity contribution in [3.8, 4) is 0 Å². The van der Waals surface area contributed by atoms with Crippen LogP contribution in [0.4, 0.5) is 0 Å². The summed E-state index contributed by atoms with van der Waals surface area (Å²) in [6.07, 6.45) is 12.9. The first kappa shape index (κ1) is 37.7. The molecule has 0 heterocycles. The standard InChI is InChI=1S/C22H32O3.3CO.Fe/c1-3-5-10-16-22(25-19-23,17-11-6-4-2)18-12-15-21(24)20-13-8-7-9-14-20;3*1-2;/h7-9,12-15,18,21,24H,3-6,10-11,16-17H2,1-2H3;;;;/q-1;;;;. The average Bonchev–Trinajstić information content (AvgIpc) is 2.84. The summed E-state index contributed by atoms with van der Waals surface area (Å²) in [5.74, 6) is 0. The normalized spacial score (nSPS) is 10.2. The minimum absolute atomic E-state index is 0. The van der Waals surface area contributed by atoms with Crippen molar-refractivity contribution in [1.82, 2.24) is 0 Å². The number of unbranched alkanes of at least 4 members (excludes halogenated alkanes) is 4. The van der Waals surface area contributed by atoms with Crippen molar-refractivity contribution in [3.63, 3.8) is 0 Å². The second-order valence-electron chi connectivity index (χ2n) is 6.57. The van der Waals surface area contributed by atoms with Crippen LogP contribution >= 0.6 is 0 Å². The molecule has 3 radical (unpaired) electrons. The van der Waals surface area contributed by atoms with Crippen LogP contribution in [0.25, 0.3) is 0 Å². The summed E-state index contributed by atoms with van der Waals surface area (Å²) >= 11 is 0. The number of hydrogen-bond donors (Lipinski definition) is 1. The quantitative estimate of drug-likeness (QED) is 0.160. The van der Waals surface area contributed by atoms with Gasteiger partial charge < -0.3 is 14.6 Å². The number of rotatable bonds is 15. The maximum absolute atomic E-state index is 11.0. The van der Waals surface area contributed by atoms with Gasteiger partial charge in [0.2, 0.25) is 0 Å². The summed E-state index contributed by atoms with van der Waals surface area (Å²) in [4.78, 5) is 11.0. The van der Waals surface area contributed by atoms with E-state index in [1.54, 1.807) is 12.9 Å². The maximum Gasteiger partial charge on any atom is 0 e. The van der Waals surface area contributed by atoms with E-state index in [4.69, 9.17) is 18.7 Å². The Hall–Kier alpha value is -1.61. The zero-order valence-electron chi connectivity index (χ0n) is 18.7. The number of aliphatic hydroxyl groups excluding tert-OH is 1. The SMILES string of the molecule is CCCCCC([CH][CH][CH]C(O)c1ccccc1)(CCCCC)O[C-]=O.[C-]#[O+].[C-]#[O+].[C-]#[O+].[Fe]. The molecule has 0 aromatic heterocycles. The van der Waals surface area contributed by atoms with Gasteiger partial charge in [0.1, 0.15) is 0 Å². The van der Waals surface area contributed by atoms with Gasteiger partial charge in [0.25, 0.3) is 0 Å². The van der Waals surface area contributed by atoms with Gasteiger partial charge in [-0.2, -0.15) is 0 Å². The minimum Gasteiger partial charge on any atom is 0 e. The molecule has 0 spiro atoms. The molecule has 0 aliphatic heterocycles. The second kappa shape index (κ2) is 29.4. The van der Waals surface area contributed by atoms with Crippen molar-refractivity contribution >= 4 is 6.47 Å². The van der Waals surface area contributed by atoms with Gasteiger partial charge in [-0.15, -0.1) is 0 Å². The minimum atomic E-state index is -0.665. The molecule has 0 saturated carbocycles. The molecule has 1 aromatic rings. The zero-order valence-corrected chi connectivity index (χ0v) is 19.8. The van der Waals surface area contributed by atoms with E-state index in [-0.39, 0.29) is 17.1 Å². The van der Waals surface area contributed by atoms with Crippen LogP contribution in [0.3, 0.4) is 0 Å². The van der Waals surface area contributed by atoms with E-state index in [9.17, 15) is 9.90 Å². The van der Waals surface area contributed by atoms with Crippen LogP contribution in [0.15, 0.2) is 30.3 Å². The fourth-order valence-corrected chi connectivity index (χ4v) is 2.96. The molecular weight excluding hydrogens is 452 g/mol. The van der Waals surface area contributed by atoms with E-state index in [1.165, 1.54) is 0 Å². The van der Waals surface area contributed by atoms with Gasteiger partial charge in [-0.3, -0.25) is 0 Å². The molecular formula is C25H32FeO6-. The first-order valence-corrected chi connectivity index (χ1v) is 10.1. The monoisotopic (exact) mass is 484 g/mol. The third kappa shape index (κ3) is 19.1. The fraction of sp³-hybridized carbons (Fsp3) is 0.480. The molecule has 1 unspecified atom stereocenters. The van der Waals surface area contributed by atoms with Gasteiger partial charge >= 0.3 is 33.9 Å². The molecule has 1 atom stereocenters. The van der Waals surface area contributed by atoms with Crippen molar-refractivity contribution in [2.75, 3.05) is 0 Å². The fourth-order valence-electron chi connectivity index (χ4n) is 2.96. The molecule has 7 heteroatoms. The summed E-state index contributed by atoms with van der Waals surface area (Å²) in [6.45, 7) is 19.5. The van der Waals surface area contributed by atoms with Gasteiger partial charge in [0, 0.05) is 23.5 Å². The molecule has 0 amide bonds. The molecule has 177 valence electrons. The first-order valence-electron chi connectivity index (χ1n) is 10.1. The summed E-state index contributed by atoms with van der Waals surface area (Å²) in [5, 5.41) is 10.3. The first-order chi connectivity index (χ1) is 15.2. The van der Waals surface area contributed by atoms with E-state index in [1.807, 2.05) is 43.2 Å². The Morgan fingerprint density at radius 1 is 0.969 bits per heavy atom. The van der Waals surface area contributed by atoms with E-state index in [0.717, 1.165) is 56.9 Å². The van der Waals surface area contributed by atoms with Crippen LogP contribution in [0.1, 0.15) is 76.9 Å². The maximum atomic E-state index is 11.0. The predicted molar refractivity (Wildman–Crippen MR) is 114 cm³/mol. The number of ether oxygens (including phenoxy) is 1. The van der Waals surface area contributed by atoms with Crippen molar-refractivity contribution in [3.05, 3.63) is 75.1 Å². The van der Waals surface area contributed by atoms with Crippen LogP contribution in [-0.4, -0.2) is 17.2 Å². The molecule has 32 heavy (non-hydrogen) atoms. The van der Waals surface area contributed by atoms with Gasteiger partial charge in [-0.05, 0) is 44.1 Å². The van der Waals surface area contributed by atoms with Crippen molar-refractivity contribution < 1.29 is 45.7 Å². The molecule has 0 aliphatic rings. The smallest absolute Gasteiger partial charge is 0 e. The molecule has 0 bridgehead atoms. The summed E-state index contributed by atoms with van der Waals surface area (Å²) in [6, 6.07) is 9.51. The number of carbonyl (C=O) groups excluding carboxylic acids is 1. The zero-order chi connectivity index (χ0) is 24.4. The summed E-state index contributed by atoms with van der Waals surface area (Å²) in [5.41, 5.74) is 0.233. The number of hydrogen-bond acceptors (Lipinski definition) is 3. The Labute approximate surface area is 204 Å². The van der Waals surface area contributed by atoms with Crippen LogP contribution in [-0.2, 0) is 40.6 Å². The van der Waals surface area contributed by atoms with E-state index < -0.39 is 11.7 Å². The van der Waals surface area contributed by atoms with Crippen molar-refractivity contribution in [2.45, 2.75) is 76.9 Å². The van der Waals surface area contributed by atoms with Gasteiger partial charge in [0.05, 0.1) is 11.7 Å². The van der Waals surface area contributed by atoms with Gasteiger partial charge in [-0.25, -0.2) is 0 Å². The van der Waals surface area contributed by atoms with Gasteiger partial charge in [-0.1, -0.05) is 76.3 Å². The molecule has 1 aromatic carbocycles. The third-order valence-electron chi connectivity index (χ3n) is 4.49. The largest absolute Gasteiger partial charge is 0 e.